The van der Waals surface area contributed by atoms with Crippen LogP contribution in [-0.2, 0) is 0 Å². The summed E-state index contributed by atoms with van der Waals surface area (Å²) in [7, 11) is -1.47. The molecule has 0 radical (unpaired) electrons. The van der Waals surface area contributed by atoms with Gasteiger partial charge in [-0.1, -0.05) is 35.6 Å². The van der Waals surface area contributed by atoms with Gasteiger partial charge in [-0.05, 0) is 12.1 Å². The molecule has 0 saturated carbocycles. The average molecular weight is 312 g/mol. The first-order valence-electron chi connectivity index (χ1n) is 5.41. The van der Waals surface area contributed by atoms with Crippen molar-refractivity contribution in [2.75, 3.05) is 5.33 Å². The highest BCUT2D eigenvalue weighted by Crippen LogP contribution is 2.16. The Morgan fingerprint density at radius 1 is 1.41 bits per heavy atom. The number of carbonyl (C=O) groups excluding carboxylic acids is 1. The van der Waals surface area contributed by atoms with E-state index in [0.29, 0.717) is 16.6 Å². The van der Waals surface area contributed by atoms with E-state index in [1.54, 1.807) is 6.20 Å². The summed E-state index contributed by atoms with van der Waals surface area (Å²) in [5.41, 5.74) is 1.24. The molecule has 3 nitrogen and oxygen atoms in total. The van der Waals surface area contributed by atoms with Crippen LogP contribution in [0.3, 0.4) is 0 Å². The van der Waals surface area contributed by atoms with E-state index in [2.05, 4.69) is 40.6 Å². The minimum atomic E-state index is -1.47. The lowest BCUT2D eigenvalue weighted by molar-refractivity contribution is 0.102. The summed E-state index contributed by atoms with van der Waals surface area (Å²) < 4.78 is 5.73. The monoisotopic (exact) mass is 311 g/mol. The van der Waals surface area contributed by atoms with E-state index in [1.807, 2.05) is 12.1 Å². The summed E-state index contributed by atoms with van der Waals surface area (Å²) in [5, 5.41) is 2.25. The Kier molecular flexibility index (Phi) is 3.23. The van der Waals surface area contributed by atoms with Gasteiger partial charge in [-0.25, -0.2) is 4.98 Å². The molecule has 2 rings (SSSR count). The molecule has 0 aliphatic heterocycles. The average Bonchev–Trinajstić information content (AvgIpc) is 2.70. The fraction of sp³-hybridized carbons (Fsp3) is 0.333. The Morgan fingerprint density at radius 3 is 2.71 bits per heavy atom. The van der Waals surface area contributed by atoms with Crippen molar-refractivity contribution in [1.29, 1.82) is 0 Å². The quantitative estimate of drug-likeness (QED) is 0.497. The second-order valence-electron chi connectivity index (χ2n) is 5.04. The molecular formula is C12H14BrNO2Si. The zero-order chi connectivity index (χ0) is 12.6. The lowest BCUT2D eigenvalue weighted by Crippen LogP contribution is -2.36. The molecule has 0 saturated heterocycles. The summed E-state index contributed by atoms with van der Waals surface area (Å²) in [6, 6.07) is 3.86. The summed E-state index contributed by atoms with van der Waals surface area (Å²) >= 11 is 3.16. The van der Waals surface area contributed by atoms with Crippen molar-refractivity contribution in [1.82, 2.24) is 4.98 Å². The summed E-state index contributed by atoms with van der Waals surface area (Å²) in [6.07, 6.45) is 1.57. The number of Topliss-reactive ketones (excluding diaryl/α,β-unsaturated/α-hetero) is 1. The van der Waals surface area contributed by atoms with Crippen LogP contribution in [0.1, 0.15) is 10.4 Å². The minimum absolute atomic E-state index is 0.0372. The first kappa shape index (κ1) is 12.5. The number of ketones is 1. The van der Waals surface area contributed by atoms with E-state index in [-0.39, 0.29) is 5.78 Å². The first-order chi connectivity index (χ1) is 7.91. The molecule has 0 unspecified atom stereocenters. The van der Waals surface area contributed by atoms with Crippen LogP contribution in [0.4, 0.5) is 0 Å². The van der Waals surface area contributed by atoms with Crippen molar-refractivity contribution >= 4 is 46.3 Å². The normalized spacial score (nSPS) is 12.0. The van der Waals surface area contributed by atoms with Gasteiger partial charge >= 0.3 is 0 Å². The van der Waals surface area contributed by atoms with Gasteiger partial charge in [0.05, 0.1) is 10.7 Å². The fourth-order valence-electron chi connectivity index (χ4n) is 1.53. The van der Waals surface area contributed by atoms with Gasteiger partial charge in [0.15, 0.2) is 5.78 Å². The number of fused-ring (bicyclic) bond motifs is 1. The lowest BCUT2D eigenvalue weighted by Gasteiger charge is -2.10. The van der Waals surface area contributed by atoms with Gasteiger partial charge in [0.2, 0.25) is 5.71 Å². The topological polar surface area (TPSA) is 43.1 Å². The van der Waals surface area contributed by atoms with Crippen LogP contribution in [0.15, 0.2) is 22.7 Å². The molecule has 0 atom stereocenters. The number of nitrogens with zero attached hydrogens (tertiary/aromatic N) is 1. The molecule has 0 aliphatic rings. The molecule has 0 N–H and O–H groups in total. The molecule has 0 aliphatic carbocycles. The van der Waals surface area contributed by atoms with Gasteiger partial charge in [0.25, 0.3) is 0 Å². The molecule has 0 fully saturated rings. The van der Waals surface area contributed by atoms with E-state index in [4.69, 9.17) is 4.42 Å². The van der Waals surface area contributed by atoms with Crippen LogP contribution < -0.4 is 5.38 Å². The number of hydrogen-bond acceptors (Lipinski definition) is 3. The molecule has 0 bridgehead atoms. The number of pyridine rings is 1. The van der Waals surface area contributed by atoms with Crippen molar-refractivity contribution in [3.05, 3.63) is 23.9 Å². The molecule has 5 heteroatoms. The number of hydrogen-bond donors (Lipinski definition) is 0. The summed E-state index contributed by atoms with van der Waals surface area (Å²) in [6.45, 7) is 6.65. The first-order valence-corrected chi connectivity index (χ1v) is 10.0. The Bertz CT molecular complexity index is 571. The molecule has 90 valence electrons. The van der Waals surface area contributed by atoms with Crippen molar-refractivity contribution in [3.63, 3.8) is 0 Å². The smallest absolute Gasteiger partial charge is 0.225 e. The van der Waals surface area contributed by atoms with Gasteiger partial charge < -0.3 is 4.42 Å². The molecule has 2 aromatic heterocycles. The molecule has 0 aromatic carbocycles. The highest BCUT2D eigenvalue weighted by Gasteiger charge is 2.22. The third-order valence-corrected chi connectivity index (χ3v) is 4.79. The predicted octanol–water partition coefficient (Wildman–Crippen LogP) is 2.95. The number of halogens is 1. The second kappa shape index (κ2) is 4.38. The Morgan fingerprint density at radius 2 is 2.12 bits per heavy atom. The number of furan rings is 1. The second-order valence-corrected chi connectivity index (χ2v) is 10.6. The Labute approximate surface area is 109 Å². The van der Waals surface area contributed by atoms with E-state index in [9.17, 15) is 4.79 Å². The Hall–Kier alpha value is -0.943. The van der Waals surface area contributed by atoms with Crippen LogP contribution in [0.5, 0.6) is 0 Å². The molecule has 0 spiro atoms. The number of rotatable bonds is 3. The van der Waals surface area contributed by atoms with E-state index in [1.165, 1.54) is 0 Å². The molecule has 0 amide bonds. The van der Waals surface area contributed by atoms with Crippen LogP contribution in [0.2, 0.25) is 19.6 Å². The minimum Gasteiger partial charge on any atom is -0.448 e. The summed E-state index contributed by atoms with van der Waals surface area (Å²) in [5.74, 6) is 0.0372. The van der Waals surface area contributed by atoms with Gasteiger partial charge in [0.1, 0.15) is 8.07 Å². The van der Waals surface area contributed by atoms with Crippen LogP contribution >= 0.6 is 15.9 Å². The van der Waals surface area contributed by atoms with E-state index < -0.39 is 8.07 Å². The highest BCUT2D eigenvalue weighted by molar-refractivity contribution is 9.09. The maximum atomic E-state index is 11.6. The largest absolute Gasteiger partial charge is 0.448 e. The third-order valence-electron chi connectivity index (χ3n) is 2.55. The SMILES string of the molecule is C[Si](C)(C)c1cc2cc(C(=O)CBr)cnc2o1. The molecule has 17 heavy (non-hydrogen) atoms. The maximum Gasteiger partial charge on any atom is 0.225 e. The van der Waals surface area contributed by atoms with Gasteiger partial charge in [-0.15, -0.1) is 0 Å². The third kappa shape index (κ3) is 2.50. The lowest BCUT2D eigenvalue weighted by atomic mass is 10.2. The van der Waals surface area contributed by atoms with Crippen molar-refractivity contribution < 1.29 is 9.21 Å². The molecule has 2 heterocycles. The van der Waals surface area contributed by atoms with Gasteiger partial charge in [-0.2, -0.15) is 0 Å². The standard InChI is InChI=1S/C12H14BrNO2Si/c1-17(2,3)11-5-8-4-9(10(15)6-13)7-14-12(8)16-11/h4-5,7H,6H2,1-3H3. The van der Waals surface area contributed by atoms with Crippen LogP contribution in [0.25, 0.3) is 11.1 Å². The van der Waals surface area contributed by atoms with Gasteiger partial charge in [0, 0.05) is 17.1 Å². The summed E-state index contributed by atoms with van der Waals surface area (Å²) in [4.78, 5) is 15.8. The van der Waals surface area contributed by atoms with Crippen molar-refractivity contribution in [3.8, 4) is 0 Å². The number of alkyl halides is 1. The number of carbonyl (C=O) groups is 1. The van der Waals surface area contributed by atoms with E-state index in [0.717, 1.165) is 10.8 Å². The van der Waals surface area contributed by atoms with Crippen molar-refractivity contribution in [2.45, 2.75) is 19.6 Å². The zero-order valence-electron chi connectivity index (χ0n) is 10.1. The highest BCUT2D eigenvalue weighted by atomic mass is 79.9. The van der Waals surface area contributed by atoms with Crippen molar-refractivity contribution in [2.24, 2.45) is 0 Å². The molecular weight excluding hydrogens is 298 g/mol. The van der Waals surface area contributed by atoms with Crippen LogP contribution in [-0.4, -0.2) is 24.2 Å². The molecule has 2 aromatic rings. The zero-order valence-corrected chi connectivity index (χ0v) is 12.7. The Balaban J connectivity index is 2.52. The van der Waals surface area contributed by atoms with Gasteiger partial charge in [-0.3, -0.25) is 4.79 Å². The van der Waals surface area contributed by atoms with E-state index >= 15 is 0 Å². The predicted molar refractivity (Wildman–Crippen MR) is 75.1 cm³/mol. The maximum absolute atomic E-state index is 11.6. The number of aromatic nitrogens is 1. The fourth-order valence-corrected chi connectivity index (χ4v) is 2.85. The van der Waals surface area contributed by atoms with Crippen LogP contribution in [0, 0.1) is 0 Å².